The highest BCUT2D eigenvalue weighted by Crippen LogP contribution is 2.26. The van der Waals surface area contributed by atoms with E-state index in [9.17, 15) is 4.79 Å². The number of aromatic nitrogens is 2. The fourth-order valence-electron chi connectivity index (χ4n) is 2.47. The first-order valence-electron chi connectivity index (χ1n) is 7.48. The molecule has 0 radical (unpaired) electrons. The molecule has 0 saturated carbocycles. The lowest BCUT2D eigenvalue weighted by Gasteiger charge is -2.07. The van der Waals surface area contributed by atoms with Crippen LogP contribution in [-0.2, 0) is 0 Å². The van der Waals surface area contributed by atoms with Crippen molar-refractivity contribution in [3.8, 4) is 11.5 Å². The molecule has 0 aliphatic rings. The molecule has 0 atom stereocenters. The quantitative estimate of drug-likeness (QED) is 0.617. The molecule has 0 fully saturated rings. The van der Waals surface area contributed by atoms with Gasteiger partial charge in [-0.15, -0.1) is 0 Å². The van der Waals surface area contributed by atoms with E-state index in [1.807, 2.05) is 54.6 Å². The lowest BCUT2D eigenvalue weighted by Crippen LogP contribution is -2.13. The number of fused-ring (bicyclic) bond motifs is 1. The maximum atomic E-state index is 12.6. The van der Waals surface area contributed by atoms with Crippen molar-refractivity contribution >= 4 is 22.8 Å². The van der Waals surface area contributed by atoms with Gasteiger partial charge in [0, 0.05) is 17.4 Å². The summed E-state index contributed by atoms with van der Waals surface area (Å²) in [5, 5.41) is 2.88. The zero-order valence-corrected chi connectivity index (χ0v) is 12.6. The Morgan fingerprint density at radius 1 is 0.917 bits per heavy atom. The second-order valence-electron chi connectivity index (χ2n) is 5.21. The summed E-state index contributed by atoms with van der Waals surface area (Å²) in [5.41, 5.74) is 2.96. The summed E-state index contributed by atoms with van der Waals surface area (Å²) in [5.74, 6) is 0.162. The first-order chi connectivity index (χ1) is 11.8. The van der Waals surface area contributed by atoms with Gasteiger partial charge in [0.15, 0.2) is 0 Å². The Morgan fingerprint density at radius 2 is 1.71 bits per heavy atom. The lowest BCUT2D eigenvalue weighted by atomic mass is 10.1. The van der Waals surface area contributed by atoms with E-state index < -0.39 is 0 Å². The van der Waals surface area contributed by atoms with Gasteiger partial charge in [-0.1, -0.05) is 30.3 Å². The van der Waals surface area contributed by atoms with Crippen LogP contribution >= 0.6 is 0 Å². The van der Waals surface area contributed by atoms with Crippen molar-refractivity contribution < 1.29 is 9.21 Å². The van der Waals surface area contributed by atoms with Crippen LogP contribution in [0.15, 0.2) is 77.3 Å². The number of para-hydroxylation sites is 1. The summed E-state index contributed by atoms with van der Waals surface area (Å²) < 4.78 is 5.69. The van der Waals surface area contributed by atoms with Crippen molar-refractivity contribution in [2.45, 2.75) is 0 Å². The number of rotatable bonds is 3. The molecule has 0 aliphatic heterocycles. The van der Waals surface area contributed by atoms with Crippen LogP contribution in [0, 0.1) is 0 Å². The van der Waals surface area contributed by atoms with Crippen LogP contribution in [0.3, 0.4) is 0 Å². The van der Waals surface area contributed by atoms with Gasteiger partial charge in [-0.25, -0.2) is 9.97 Å². The van der Waals surface area contributed by atoms with Crippen LogP contribution in [0.4, 0.5) is 5.69 Å². The van der Waals surface area contributed by atoms with E-state index >= 15 is 0 Å². The number of carbonyl (C=O) groups is 1. The van der Waals surface area contributed by atoms with Crippen molar-refractivity contribution in [3.63, 3.8) is 0 Å². The smallest absolute Gasteiger partial charge is 0.256 e. The molecular formula is C19H13N3O2. The average molecular weight is 315 g/mol. The molecule has 0 spiro atoms. The molecule has 24 heavy (non-hydrogen) atoms. The first kappa shape index (κ1) is 14.1. The Morgan fingerprint density at radius 3 is 2.54 bits per heavy atom. The van der Waals surface area contributed by atoms with Crippen molar-refractivity contribution in [2.75, 3.05) is 5.32 Å². The van der Waals surface area contributed by atoms with Crippen LogP contribution in [-0.4, -0.2) is 15.9 Å². The van der Waals surface area contributed by atoms with E-state index in [1.54, 1.807) is 18.3 Å². The summed E-state index contributed by atoms with van der Waals surface area (Å²) in [4.78, 5) is 21.2. The van der Waals surface area contributed by atoms with E-state index in [-0.39, 0.29) is 5.91 Å². The molecule has 4 aromatic rings. The molecule has 2 aromatic carbocycles. The molecule has 2 aromatic heterocycles. The van der Waals surface area contributed by atoms with E-state index in [0.717, 1.165) is 5.69 Å². The van der Waals surface area contributed by atoms with Gasteiger partial charge >= 0.3 is 0 Å². The number of hydrogen-bond acceptors (Lipinski definition) is 4. The van der Waals surface area contributed by atoms with E-state index in [1.165, 1.54) is 0 Å². The van der Waals surface area contributed by atoms with Gasteiger partial charge in [0.1, 0.15) is 5.52 Å². The molecule has 5 heteroatoms. The third kappa shape index (κ3) is 2.63. The van der Waals surface area contributed by atoms with Gasteiger partial charge < -0.3 is 9.73 Å². The fourth-order valence-corrected chi connectivity index (χ4v) is 2.47. The predicted molar refractivity (Wildman–Crippen MR) is 91.6 cm³/mol. The highest BCUT2D eigenvalue weighted by Gasteiger charge is 2.17. The Labute approximate surface area is 138 Å². The maximum absolute atomic E-state index is 12.6. The predicted octanol–water partition coefficient (Wildman–Crippen LogP) is 4.14. The number of pyridine rings is 1. The summed E-state index contributed by atoms with van der Waals surface area (Å²) >= 11 is 0. The van der Waals surface area contributed by atoms with Crippen molar-refractivity contribution in [1.29, 1.82) is 0 Å². The summed E-state index contributed by atoms with van der Waals surface area (Å²) in [6, 6.07) is 20.1. The zero-order chi connectivity index (χ0) is 16.4. The van der Waals surface area contributed by atoms with E-state index in [0.29, 0.717) is 28.2 Å². The normalized spacial score (nSPS) is 10.7. The second kappa shape index (κ2) is 5.96. The molecule has 2 heterocycles. The Hall–Kier alpha value is -3.47. The van der Waals surface area contributed by atoms with E-state index in [2.05, 4.69) is 15.3 Å². The summed E-state index contributed by atoms with van der Waals surface area (Å²) in [6.07, 6.45) is 1.64. The molecule has 0 bridgehead atoms. The average Bonchev–Trinajstić information content (AvgIpc) is 3.06. The maximum Gasteiger partial charge on any atom is 0.256 e. The van der Waals surface area contributed by atoms with Gasteiger partial charge in [-0.2, -0.15) is 0 Å². The topological polar surface area (TPSA) is 68.0 Å². The number of amides is 1. The number of nitrogens with one attached hydrogen (secondary N) is 1. The molecule has 4 rings (SSSR count). The summed E-state index contributed by atoms with van der Waals surface area (Å²) in [6.45, 7) is 0. The van der Waals surface area contributed by atoms with Crippen molar-refractivity contribution in [3.05, 3.63) is 78.5 Å². The Bertz CT molecular complexity index is 976. The molecule has 1 N–H and O–H groups in total. The number of benzene rings is 2. The number of oxazole rings is 1. The standard InChI is InChI=1S/C19H13N3O2/c23-17(21-13-7-2-1-3-8-13)14-9-4-5-10-15(14)18-22-16-11-6-12-20-19(16)24-18/h1-12H,(H,21,23). The number of hydrogen-bond donors (Lipinski definition) is 1. The number of nitrogens with zero attached hydrogens (tertiary/aromatic N) is 2. The molecule has 0 unspecified atom stereocenters. The van der Waals surface area contributed by atoms with Gasteiger partial charge in [0.25, 0.3) is 5.91 Å². The fraction of sp³-hybridized carbons (Fsp3) is 0. The molecule has 0 saturated heterocycles. The van der Waals surface area contributed by atoms with Crippen LogP contribution in [0.5, 0.6) is 0 Å². The minimum Gasteiger partial charge on any atom is -0.418 e. The molecule has 5 nitrogen and oxygen atoms in total. The van der Waals surface area contributed by atoms with E-state index in [4.69, 9.17) is 4.42 Å². The van der Waals surface area contributed by atoms with Gasteiger partial charge in [0.05, 0.1) is 5.56 Å². The molecule has 0 aliphatic carbocycles. The molecule has 116 valence electrons. The number of carbonyl (C=O) groups excluding carboxylic acids is 1. The minimum atomic E-state index is -0.216. The molecule has 1 amide bonds. The monoisotopic (exact) mass is 315 g/mol. The SMILES string of the molecule is O=C(Nc1ccccc1)c1ccccc1-c1nc2cccnc2o1. The van der Waals surface area contributed by atoms with Crippen LogP contribution in [0.2, 0.25) is 0 Å². The second-order valence-corrected chi connectivity index (χ2v) is 5.21. The van der Waals surface area contributed by atoms with Crippen LogP contribution < -0.4 is 5.32 Å². The summed E-state index contributed by atoms with van der Waals surface area (Å²) in [7, 11) is 0. The third-order valence-corrected chi connectivity index (χ3v) is 3.60. The highest BCUT2D eigenvalue weighted by atomic mass is 16.4. The third-order valence-electron chi connectivity index (χ3n) is 3.60. The lowest BCUT2D eigenvalue weighted by molar-refractivity contribution is 0.102. The van der Waals surface area contributed by atoms with Crippen LogP contribution in [0.1, 0.15) is 10.4 Å². The van der Waals surface area contributed by atoms with Crippen molar-refractivity contribution in [2.24, 2.45) is 0 Å². The first-order valence-corrected chi connectivity index (χ1v) is 7.48. The zero-order valence-electron chi connectivity index (χ0n) is 12.6. The number of anilines is 1. The van der Waals surface area contributed by atoms with Crippen LogP contribution in [0.25, 0.3) is 22.7 Å². The molecular weight excluding hydrogens is 302 g/mol. The Kier molecular flexibility index (Phi) is 3.51. The van der Waals surface area contributed by atoms with Crippen molar-refractivity contribution in [1.82, 2.24) is 9.97 Å². The van der Waals surface area contributed by atoms with Gasteiger partial charge in [-0.05, 0) is 36.4 Å². The minimum absolute atomic E-state index is 0.216. The largest absolute Gasteiger partial charge is 0.418 e. The Balaban J connectivity index is 1.73. The van der Waals surface area contributed by atoms with Gasteiger partial charge in [0.2, 0.25) is 11.6 Å². The highest BCUT2D eigenvalue weighted by molar-refractivity contribution is 6.08. The van der Waals surface area contributed by atoms with Gasteiger partial charge in [-0.3, -0.25) is 4.79 Å².